The highest BCUT2D eigenvalue weighted by Crippen LogP contribution is 2.35. The first-order valence-corrected chi connectivity index (χ1v) is 7.83. The maximum absolute atomic E-state index is 5.67. The van der Waals surface area contributed by atoms with Gasteiger partial charge in [-0.05, 0) is 18.2 Å². The van der Waals surface area contributed by atoms with Gasteiger partial charge in [-0.3, -0.25) is 0 Å². The zero-order chi connectivity index (χ0) is 16.1. The molecule has 120 valence electrons. The Morgan fingerprint density at radius 3 is 3.08 bits per heavy atom. The van der Waals surface area contributed by atoms with Gasteiger partial charge in [0.25, 0.3) is 0 Å². The van der Waals surface area contributed by atoms with Crippen molar-refractivity contribution in [1.82, 2.24) is 29.8 Å². The molecule has 0 fully saturated rings. The van der Waals surface area contributed by atoms with Crippen molar-refractivity contribution in [3.8, 4) is 0 Å². The summed E-state index contributed by atoms with van der Waals surface area (Å²) in [5, 5.41) is 12.9. The van der Waals surface area contributed by atoms with Crippen molar-refractivity contribution in [3.63, 3.8) is 0 Å². The summed E-state index contributed by atoms with van der Waals surface area (Å²) < 4.78 is 7.54. The highest BCUT2D eigenvalue weighted by atomic mass is 16.4. The molecule has 4 aromatic heterocycles. The molecule has 8 nitrogen and oxygen atoms in total. The average Bonchev–Trinajstić information content (AvgIpc) is 3.32. The van der Waals surface area contributed by atoms with Gasteiger partial charge < -0.3 is 14.3 Å². The van der Waals surface area contributed by atoms with Crippen molar-refractivity contribution >= 4 is 11.5 Å². The molecule has 1 unspecified atom stereocenters. The largest absolute Gasteiger partial charge is 0.408 e. The molecule has 4 aromatic rings. The van der Waals surface area contributed by atoms with Crippen LogP contribution in [0.25, 0.3) is 5.52 Å². The maximum atomic E-state index is 5.67. The van der Waals surface area contributed by atoms with Crippen molar-refractivity contribution in [1.29, 1.82) is 0 Å². The van der Waals surface area contributed by atoms with Crippen LogP contribution in [0, 0.1) is 6.92 Å². The molecule has 8 heteroatoms. The normalized spacial score (nSPS) is 17.4. The number of hydrogen-bond acceptors (Lipinski definition) is 6. The van der Waals surface area contributed by atoms with E-state index >= 15 is 0 Å². The van der Waals surface area contributed by atoms with Gasteiger partial charge in [0.1, 0.15) is 6.04 Å². The molecule has 0 saturated carbocycles. The van der Waals surface area contributed by atoms with Crippen LogP contribution in [0.3, 0.4) is 0 Å². The third-order valence-corrected chi connectivity index (χ3v) is 4.36. The maximum Gasteiger partial charge on any atom is 0.319 e. The van der Waals surface area contributed by atoms with Crippen molar-refractivity contribution in [2.75, 3.05) is 11.4 Å². The fraction of sp³-hybridized carbons (Fsp3) is 0.250. The van der Waals surface area contributed by atoms with E-state index in [4.69, 9.17) is 9.52 Å². The topological polar surface area (TPSA) is 88.1 Å². The van der Waals surface area contributed by atoms with Crippen LogP contribution < -0.4 is 4.90 Å². The average molecular weight is 321 g/mol. The lowest BCUT2D eigenvalue weighted by atomic mass is 10.0. The molecule has 0 radical (unpaired) electrons. The lowest BCUT2D eigenvalue weighted by Gasteiger charge is -2.32. The van der Waals surface area contributed by atoms with Gasteiger partial charge in [-0.1, -0.05) is 11.2 Å². The van der Waals surface area contributed by atoms with E-state index in [1.807, 2.05) is 28.9 Å². The van der Waals surface area contributed by atoms with Gasteiger partial charge in [-0.2, -0.15) is 5.10 Å². The Bertz CT molecular complexity index is 981. The number of rotatable bonds is 2. The molecular weight excluding hydrogens is 306 g/mol. The summed E-state index contributed by atoms with van der Waals surface area (Å²) in [5.41, 5.74) is 4.03. The van der Waals surface area contributed by atoms with Gasteiger partial charge in [0.2, 0.25) is 5.89 Å². The monoisotopic (exact) mass is 321 g/mol. The van der Waals surface area contributed by atoms with Gasteiger partial charge in [-0.15, -0.1) is 5.10 Å². The first-order chi connectivity index (χ1) is 11.8. The third-order valence-electron chi connectivity index (χ3n) is 4.36. The van der Waals surface area contributed by atoms with Crippen molar-refractivity contribution < 1.29 is 4.42 Å². The van der Waals surface area contributed by atoms with E-state index in [1.165, 1.54) is 0 Å². The van der Waals surface area contributed by atoms with Crippen molar-refractivity contribution in [3.05, 3.63) is 59.8 Å². The number of aryl methyl sites for hydroxylation is 1. The predicted octanol–water partition coefficient (Wildman–Crippen LogP) is 1.90. The summed E-state index contributed by atoms with van der Waals surface area (Å²) in [7, 11) is 0. The zero-order valence-corrected chi connectivity index (χ0v) is 13.0. The lowest BCUT2D eigenvalue weighted by Crippen LogP contribution is -2.36. The van der Waals surface area contributed by atoms with E-state index in [0.717, 1.165) is 35.6 Å². The SMILES string of the molecule is Cc1nnc(N2CCc3[nH]cnc3C2c2cc3ccccn3n2)o1. The Morgan fingerprint density at radius 1 is 1.29 bits per heavy atom. The minimum absolute atomic E-state index is 0.153. The lowest BCUT2D eigenvalue weighted by molar-refractivity contribution is 0.477. The Kier molecular flexibility index (Phi) is 2.72. The van der Waals surface area contributed by atoms with Crippen LogP contribution in [0.4, 0.5) is 6.01 Å². The molecule has 0 aromatic carbocycles. The Labute approximate surface area is 137 Å². The number of fused-ring (bicyclic) bond motifs is 2. The molecule has 1 atom stereocenters. The van der Waals surface area contributed by atoms with Gasteiger partial charge >= 0.3 is 6.01 Å². The molecule has 1 N–H and O–H groups in total. The first-order valence-electron chi connectivity index (χ1n) is 7.83. The van der Waals surface area contributed by atoms with Crippen LogP contribution in [0.5, 0.6) is 0 Å². The van der Waals surface area contributed by atoms with E-state index in [0.29, 0.717) is 11.9 Å². The number of H-pyrrole nitrogens is 1. The smallest absolute Gasteiger partial charge is 0.319 e. The Morgan fingerprint density at radius 2 is 2.25 bits per heavy atom. The molecule has 1 aliphatic rings. The molecular formula is C16H15N7O. The minimum atomic E-state index is -0.153. The summed E-state index contributed by atoms with van der Waals surface area (Å²) in [6, 6.07) is 8.42. The molecule has 0 amide bonds. The van der Waals surface area contributed by atoms with Crippen molar-refractivity contribution in [2.24, 2.45) is 0 Å². The third kappa shape index (κ3) is 1.92. The number of anilines is 1. The van der Waals surface area contributed by atoms with Crippen LogP contribution in [0.2, 0.25) is 0 Å². The van der Waals surface area contributed by atoms with E-state index in [2.05, 4.69) is 31.1 Å². The van der Waals surface area contributed by atoms with Crippen LogP contribution in [-0.2, 0) is 6.42 Å². The van der Waals surface area contributed by atoms with E-state index < -0.39 is 0 Å². The minimum Gasteiger partial charge on any atom is -0.408 e. The second kappa shape index (κ2) is 4.92. The summed E-state index contributed by atoms with van der Waals surface area (Å²) >= 11 is 0. The second-order valence-corrected chi connectivity index (χ2v) is 5.86. The first kappa shape index (κ1) is 13.3. The summed E-state index contributed by atoms with van der Waals surface area (Å²) in [6.45, 7) is 2.55. The zero-order valence-electron chi connectivity index (χ0n) is 13.0. The number of pyridine rings is 1. The molecule has 1 aliphatic heterocycles. The van der Waals surface area contributed by atoms with Crippen LogP contribution >= 0.6 is 0 Å². The fourth-order valence-corrected chi connectivity index (χ4v) is 3.28. The number of hydrogen-bond donors (Lipinski definition) is 1. The molecule has 0 saturated heterocycles. The molecule has 0 spiro atoms. The molecule has 0 bridgehead atoms. The van der Waals surface area contributed by atoms with Crippen LogP contribution in [0.15, 0.2) is 41.2 Å². The van der Waals surface area contributed by atoms with Gasteiger partial charge in [-0.25, -0.2) is 9.50 Å². The molecule has 5 rings (SSSR count). The summed E-state index contributed by atoms with van der Waals surface area (Å²) in [5.74, 6) is 0.548. The molecule has 0 aliphatic carbocycles. The van der Waals surface area contributed by atoms with Crippen LogP contribution in [-0.4, -0.2) is 36.3 Å². The quantitative estimate of drug-likeness (QED) is 0.606. The summed E-state index contributed by atoms with van der Waals surface area (Å²) in [6.07, 6.45) is 4.52. The fourth-order valence-electron chi connectivity index (χ4n) is 3.28. The Balaban J connectivity index is 1.68. The standard InChI is InChI=1S/C16H15N7O/c1-10-19-20-16(24-10)22-7-5-12-14(18-9-17-12)15(22)13-8-11-4-2-3-6-23(11)21-13/h2-4,6,8-9,15H,5,7H2,1H3,(H,17,18). The van der Waals surface area contributed by atoms with E-state index in [9.17, 15) is 0 Å². The number of nitrogens with one attached hydrogen (secondary N) is 1. The van der Waals surface area contributed by atoms with E-state index in [1.54, 1.807) is 13.3 Å². The highest BCUT2D eigenvalue weighted by molar-refractivity contribution is 5.51. The number of aromatic nitrogens is 6. The number of aromatic amines is 1. The number of nitrogens with zero attached hydrogens (tertiary/aromatic N) is 6. The van der Waals surface area contributed by atoms with Gasteiger partial charge in [0, 0.05) is 31.8 Å². The van der Waals surface area contributed by atoms with Gasteiger partial charge in [0.15, 0.2) is 0 Å². The van der Waals surface area contributed by atoms with E-state index in [-0.39, 0.29) is 6.04 Å². The van der Waals surface area contributed by atoms with Crippen molar-refractivity contribution in [2.45, 2.75) is 19.4 Å². The van der Waals surface area contributed by atoms with Gasteiger partial charge in [0.05, 0.1) is 23.2 Å². The number of imidazole rings is 1. The summed E-state index contributed by atoms with van der Waals surface area (Å²) in [4.78, 5) is 9.83. The molecule has 24 heavy (non-hydrogen) atoms. The second-order valence-electron chi connectivity index (χ2n) is 5.86. The van der Waals surface area contributed by atoms with Crippen LogP contribution in [0.1, 0.15) is 29.0 Å². The Hall–Kier alpha value is -3.16. The highest BCUT2D eigenvalue weighted by Gasteiger charge is 2.35. The predicted molar refractivity (Wildman–Crippen MR) is 85.7 cm³/mol. The molecule has 5 heterocycles.